The second-order valence-electron chi connectivity index (χ2n) is 3.76. The summed E-state index contributed by atoms with van der Waals surface area (Å²) in [5.74, 6) is 0. The molecule has 2 rings (SSSR count). The Hall–Kier alpha value is -1.17. The summed E-state index contributed by atoms with van der Waals surface area (Å²) in [4.78, 5) is 1.32. The Morgan fingerprint density at radius 3 is 2.35 bits per heavy atom. The number of hydrogen-bond acceptors (Lipinski definition) is 3. The van der Waals surface area contributed by atoms with Gasteiger partial charge in [-0.05, 0) is 17.5 Å². The molecule has 0 N–H and O–H groups in total. The fraction of sp³-hybridized carbons (Fsp3) is 0.167. The van der Waals surface area contributed by atoms with Crippen LogP contribution in [0.1, 0.15) is 0 Å². The zero-order chi connectivity index (χ0) is 12.5. The average molecular weight is 267 g/mol. The molecule has 0 atom stereocenters. The number of thiophene rings is 1. The van der Waals surface area contributed by atoms with E-state index in [0.717, 1.165) is 10.4 Å². The van der Waals surface area contributed by atoms with Gasteiger partial charge in [0.05, 0.1) is 4.90 Å². The van der Waals surface area contributed by atoms with Gasteiger partial charge in [0.1, 0.15) is 0 Å². The monoisotopic (exact) mass is 267 g/mol. The maximum atomic E-state index is 12.2. The van der Waals surface area contributed by atoms with Gasteiger partial charge < -0.3 is 0 Å². The molecule has 1 aromatic carbocycles. The van der Waals surface area contributed by atoms with Crippen molar-refractivity contribution in [3.8, 4) is 10.4 Å². The van der Waals surface area contributed by atoms with Crippen LogP contribution in [0.15, 0.2) is 46.7 Å². The van der Waals surface area contributed by atoms with E-state index in [1.54, 1.807) is 26.2 Å². The molecule has 17 heavy (non-hydrogen) atoms. The van der Waals surface area contributed by atoms with E-state index in [2.05, 4.69) is 0 Å². The largest absolute Gasteiger partial charge is 0.243 e. The first kappa shape index (κ1) is 12.3. The molecule has 3 nitrogen and oxygen atoms in total. The van der Waals surface area contributed by atoms with Crippen LogP contribution in [0.25, 0.3) is 10.4 Å². The molecule has 1 heterocycles. The summed E-state index contributed by atoms with van der Waals surface area (Å²) < 4.78 is 25.6. The maximum absolute atomic E-state index is 12.2. The summed E-state index contributed by atoms with van der Waals surface area (Å²) >= 11 is 1.54. The smallest absolute Gasteiger partial charge is 0.207 e. The molecule has 0 radical (unpaired) electrons. The van der Waals surface area contributed by atoms with Gasteiger partial charge >= 0.3 is 0 Å². The number of sulfonamides is 1. The summed E-state index contributed by atoms with van der Waals surface area (Å²) in [6.07, 6.45) is 0. The van der Waals surface area contributed by atoms with Crippen molar-refractivity contribution in [3.63, 3.8) is 0 Å². The second-order valence-corrected chi connectivity index (χ2v) is 6.83. The van der Waals surface area contributed by atoms with Crippen molar-refractivity contribution in [1.82, 2.24) is 4.31 Å². The van der Waals surface area contributed by atoms with Crippen molar-refractivity contribution in [2.45, 2.75) is 4.90 Å². The summed E-state index contributed by atoms with van der Waals surface area (Å²) in [6.45, 7) is 0. The number of hydrogen-bond donors (Lipinski definition) is 0. The second kappa shape index (κ2) is 4.60. The molecular formula is C12H13NO2S2. The van der Waals surface area contributed by atoms with Gasteiger partial charge in [-0.1, -0.05) is 24.3 Å². The van der Waals surface area contributed by atoms with E-state index in [1.807, 2.05) is 29.6 Å². The minimum absolute atomic E-state index is 0.354. The molecule has 0 saturated carbocycles. The average Bonchev–Trinajstić information content (AvgIpc) is 2.82. The zero-order valence-corrected chi connectivity index (χ0v) is 11.3. The highest BCUT2D eigenvalue weighted by atomic mass is 32.2. The molecule has 2 aromatic rings. The van der Waals surface area contributed by atoms with E-state index in [0.29, 0.717) is 4.90 Å². The number of nitrogens with zero attached hydrogens (tertiary/aromatic N) is 1. The van der Waals surface area contributed by atoms with E-state index in [4.69, 9.17) is 0 Å². The minimum Gasteiger partial charge on any atom is -0.207 e. The van der Waals surface area contributed by atoms with Gasteiger partial charge in [-0.25, -0.2) is 12.7 Å². The molecule has 0 unspecified atom stereocenters. The Labute approximate surface area is 105 Å². The fourth-order valence-corrected chi connectivity index (χ4v) is 3.45. The van der Waals surface area contributed by atoms with Gasteiger partial charge in [0.2, 0.25) is 10.0 Å². The lowest BCUT2D eigenvalue weighted by atomic mass is 10.2. The molecular weight excluding hydrogens is 254 g/mol. The Bertz CT molecular complexity index is 601. The van der Waals surface area contributed by atoms with Crippen molar-refractivity contribution in [2.75, 3.05) is 14.1 Å². The van der Waals surface area contributed by atoms with Gasteiger partial charge in [-0.3, -0.25) is 0 Å². The quantitative estimate of drug-likeness (QED) is 0.857. The van der Waals surface area contributed by atoms with Crippen molar-refractivity contribution < 1.29 is 8.42 Å². The Kier molecular flexibility index (Phi) is 3.33. The molecule has 0 aliphatic heterocycles. The first-order chi connectivity index (χ1) is 8.03. The number of rotatable bonds is 3. The molecule has 5 heteroatoms. The van der Waals surface area contributed by atoms with E-state index in [9.17, 15) is 8.42 Å². The summed E-state index contributed by atoms with van der Waals surface area (Å²) in [5.41, 5.74) is 0.760. The molecule has 0 aliphatic rings. The van der Waals surface area contributed by atoms with Crippen molar-refractivity contribution in [3.05, 3.63) is 41.8 Å². The lowest BCUT2D eigenvalue weighted by molar-refractivity contribution is 0.521. The molecule has 0 spiro atoms. The molecule has 0 saturated heterocycles. The van der Waals surface area contributed by atoms with Crippen LogP contribution in [-0.4, -0.2) is 26.8 Å². The van der Waals surface area contributed by atoms with Crippen LogP contribution in [0.3, 0.4) is 0 Å². The van der Waals surface area contributed by atoms with Crippen LogP contribution in [0.5, 0.6) is 0 Å². The van der Waals surface area contributed by atoms with Crippen LogP contribution < -0.4 is 0 Å². The predicted octanol–water partition coefficient (Wildman–Crippen LogP) is 2.67. The Morgan fingerprint density at radius 1 is 1.06 bits per heavy atom. The van der Waals surface area contributed by atoms with Gasteiger partial charge in [-0.15, -0.1) is 11.3 Å². The van der Waals surface area contributed by atoms with Crippen LogP contribution in [0.2, 0.25) is 0 Å². The molecule has 0 aliphatic carbocycles. The van der Waals surface area contributed by atoms with Crippen molar-refractivity contribution in [2.24, 2.45) is 0 Å². The molecule has 0 amide bonds. The van der Waals surface area contributed by atoms with Gasteiger partial charge in [0, 0.05) is 24.5 Å². The van der Waals surface area contributed by atoms with Crippen LogP contribution in [0.4, 0.5) is 0 Å². The highest BCUT2D eigenvalue weighted by Gasteiger charge is 2.21. The SMILES string of the molecule is CN(C)S(=O)(=O)c1ccccc1-c1cccs1. The normalized spacial score (nSPS) is 11.9. The minimum atomic E-state index is -3.39. The maximum Gasteiger partial charge on any atom is 0.243 e. The lowest BCUT2D eigenvalue weighted by Crippen LogP contribution is -2.22. The molecule has 0 fully saturated rings. The van der Waals surface area contributed by atoms with E-state index >= 15 is 0 Å². The van der Waals surface area contributed by atoms with E-state index < -0.39 is 10.0 Å². The fourth-order valence-electron chi connectivity index (χ4n) is 1.52. The van der Waals surface area contributed by atoms with Gasteiger partial charge in [0.25, 0.3) is 0 Å². The Balaban J connectivity index is 2.65. The third-order valence-electron chi connectivity index (χ3n) is 2.43. The predicted molar refractivity (Wildman–Crippen MR) is 70.6 cm³/mol. The van der Waals surface area contributed by atoms with Crippen LogP contribution in [-0.2, 0) is 10.0 Å². The van der Waals surface area contributed by atoms with Crippen molar-refractivity contribution >= 4 is 21.4 Å². The molecule has 0 bridgehead atoms. The third kappa shape index (κ3) is 2.26. The van der Waals surface area contributed by atoms with Crippen LogP contribution >= 0.6 is 11.3 Å². The summed E-state index contributed by atoms with van der Waals surface area (Å²) in [6, 6.07) is 10.9. The van der Waals surface area contributed by atoms with E-state index in [1.165, 1.54) is 15.6 Å². The Morgan fingerprint density at radius 2 is 1.76 bits per heavy atom. The van der Waals surface area contributed by atoms with Gasteiger partial charge in [-0.2, -0.15) is 0 Å². The number of benzene rings is 1. The molecule has 90 valence electrons. The standard InChI is InChI=1S/C12H13NO2S2/c1-13(2)17(14,15)12-8-4-3-6-10(12)11-7-5-9-16-11/h3-9H,1-2H3. The highest BCUT2D eigenvalue weighted by molar-refractivity contribution is 7.89. The summed E-state index contributed by atoms with van der Waals surface area (Å²) in [5, 5.41) is 1.94. The summed E-state index contributed by atoms with van der Waals surface area (Å²) in [7, 11) is -0.309. The highest BCUT2D eigenvalue weighted by Crippen LogP contribution is 2.31. The lowest BCUT2D eigenvalue weighted by Gasteiger charge is -2.14. The topological polar surface area (TPSA) is 37.4 Å². The first-order valence-corrected chi connectivity index (χ1v) is 7.41. The van der Waals surface area contributed by atoms with Gasteiger partial charge in [0.15, 0.2) is 0 Å². The third-order valence-corrected chi connectivity index (χ3v) is 5.21. The van der Waals surface area contributed by atoms with Crippen molar-refractivity contribution in [1.29, 1.82) is 0 Å². The van der Waals surface area contributed by atoms with E-state index in [-0.39, 0.29) is 0 Å². The zero-order valence-electron chi connectivity index (χ0n) is 9.62. The molecule has 1 aromatic heterocycles. The first-order valence-electron chi connectivity index (χ1n) is 5.09. The van der Waals surface area contributed by atoms with Crippen LogP contribution in [0, 0.1) is 0 Å².